The molecule has 0 bridgehead atoms. The van der Waals surface area contributed by atoms with Gasteiger partial charge in [0, 0.05) is 36.0 Å². The first-order chi connectivity index (χ1) is 15.2. The second kappa shape index (κ2) is 10.1. The fourth-order valence-electron chi connectivity index (χ4n) is 2.90. The number of thiazole rings is 1. The number of nitrogen functional groups attached to an aromatic ring is 1. The first kappa shape index (κ1) is 23.7. The molecule has 0 fully saturated rings. The molecule has 0 amide bonds. The van der Waals surface area contributed by atoms with Crippen LogP contribution >= 0.6 is 11.3 Å². The fraction of sp³-hybridized carbons (Fsp3) is 0.333. The van der Waals surface area contributed by atoms with Gasteiger partial charge in [0.25, 0.3) is 0 Å². The second-order valence-electron chi connectivity index (χ2n) is 8.22. The lowest BCUT2D eigenvalue weighted by molar-refractivity contribution is 0.143. The van der Waals surface area contributed by atoms with Crippen LogP contribution in [0.25, 0.3) is 10.4 Å². The predicted octanol–water partition coefficient (Wildman–Crippen LogP) is 3.77. The first-order valence-corrected chi connectivity index (χ1v) is 11.1. The fourth-order valence-corrected chi connectivity index (χ4v) is 3.80. The summed E-state index contributed by atoms with van der Waals surface area (Å²) in [6.45, 7) is 8.17. The number of benzene rings is 1. The topological polar surface area (TPSA) is 119 Å². The van der Waals surface area contributed by atoms with E-state index in [1.165, 1.54) is 0 Å². The zero-order chi connectivity index (χ0) is 23.3. The Morgan fingerprint density at radius 3 is 2.59 bits per heavy atom. The van der Waals surface area contributed by atoms with Gasteiger partial charge in [-0.25, -0.2) is 15.8 Å². The van der Waals surface area contributed by atoms with Crippen molar-refractivity contribution in [3.8, 4) is 28.0 Å². The maximum absolute atomic E-state index is 9.86. The van der Waals surface area contributed by atoms with Crippen LogP contribution in [-0.2, 0) is 13.2 Å². The molecule has 0 aliphatic carbocycles. The number of nitrogens with two attached hydrogens (primary N) is 2. The molecule has 0 radical (unpaired) electrons. The Hall–Kier alpha value is -2.96. The van der Waals surface area contributed by atoms with Crippen LogP contribution in [0.2, 0.25) is 0 Å². The maximum Gasteiger partial charge on any atom is 0.183 e. The van der Waals surface area contributed by atoms with Gasteiger partial charge in [-0.2, -0.15) is 0 Å². The van der Waals surface area contributed by atoms with E-state index in [0.717, 1.165) is 32.1 Å². The highest BCUT2D eigenvalue weighted by molar-refractivity contribution is 7.15. The Morgan fingerprint density at radius 1 is 1.19 bits per heavy atom. The Morgan fingerprint density at radius 2 is 1.97 bits per heavy atom. The van der Waals surface area contributed by atoms with E-state index >= 15 is 0 Å². The number of pyridine rings is 1. The summed E-state index contributed by atoms with van der Waals surface area (Å²) >= 11 is 1.64. The zero-order valence-corrected chi connectivity index (χ0v) is 19.6. The third kappa shape index (κ3) is 6.05. The predicted molar refractivity (Wildman–Crippen MR) is 129 cm³/mol. The molecule has 0 aliphatic rings. The Balaban J connectivity index is 1.87. The van der Waals surface area contributed by atoms with E-state index in [-0.39, 0.29) is 6.61 Å². The molecule has 0 unspecified atom stereocenters. The summed E-state index contributed by atoms with van der Waals surface area (Å²) < 4.78 is 6.10. The molecule has 8 heteroatoms. The molecule has 0 spiro atoms. The van der Waals surface area contributed by atoms with Crippen LogP contribution in [0.5, 0.6) is 5.75 Å². The van der Waals surface area contributed by atoms with Crippen molar-refractivity contribution in [1.29, 1.82) is 0 Å². The van der Waals surface area contributed by atoms with Crippen LogP contribution in [0.15, 0.2) is 36.7 Å². The standard InChI is InChI=1S/C24H29N5O2S/c1-15(2)23-28-13-21(32-23)18-10-20(22(29-26)27-12-18)31-14-19-9-16(5-6-17(19)11-25)7-8-24(3,4)30/h5-6,9-10,12-13,15,30H,11,14,25-26H2,1-4H3,(H,27,29). The second-order valence-corrected chi connectivity index (χ2v) is 9.28. The third-order valence-corrected chi connectivity index (χ3v) is 5.96. The Labute approximate surface area is 192 Å². The van der Waals surface area contributed by atoms with Gasteiger partial charge >= 0.3 is 0 Å². The van der Waals surface area contributed by atoms with E-state index in [9.17, 15) is 5.11 Å². The average Bonchev–Trinajstić information content (AvgIpc) is 3.26. The normalized spacial score (nSPS) is 11.2. The number of aliphatic hydroxyl groups is 1. The molecule has 32 heavy (non-hydrogen) atoms. The third-order valence-electron chi connectivity index (χ3n) is 4.61. The Bertz CT molecular complexity index is 1140. The van der Waals surface area contributed by atoms with Crippen molar-refractivity contribution in [2.24, 2.45) is 11.6 Å². The number of aromatic nitrogens is 2. The molecule has 0 saturated carbocycles. The van der Waals surface area contributed by atoms with Crippen LogP contribution in [0.3, 0.4) is 0 Å². The lowest BCUT2D eigenvalue weighted by Crippen LogP contribution is -2.14. The minimum Gasteiger partial charge on any atom is -0.485 e. The molecule has 1 aromatic carbocycles. The van der Waals surface area contributed by atoms with Gasteiger partial charge in [-0.1, -0.05) is 31.8 Å². The van der Waals surface area contributed by atoms with Gasteiger partial charge in [0.15, 0.2) is 11.6 Å². The van der Waals surface area contributed by atoms with Gasteiger partial charge in [0.2, 0.25) is 0 Å². The van der Waals surface area contributed by atoms with Gasteiger partial charge in [-0.15, -0.1) is 11.3 Å². The van der Waals surface area contributed by atoms with Crippen molar-refractivity contribution in [1.82, 2.24) is 9.97 Å². The molecule has 3 aromatic rings. The van der Waals surface area contributed by atoms with E-state index in [0.29, 0.717) is 24.0 Å². The average molecular weight is 452 g/mol. The number of rotatable bonds is 7. The number of hydrogen-bond acceptors (Lipinski definition) is 8. The van der Waals surface area contributed by atoms with E-state index < -0.39 is 5.60 Å². The highest BCUT2D eigenvalue weighted by Crippen LogP contribution is 2.33. The monoisotopic (exact) mass is 451 g/mol. The number of nitrogens with one attached hydrogen (secondary N) is 1. The molecule has 6 N–H and O–H groups in total. The highest BCUT2D eigenvalue weighted by atomic mass is 32.1. The summed E-state index contributed by atoms with van der Waals surface area (Å²) in [5, 5.41) is 10.9. The number of anilines is 1. The molecule has 2 aromatic heterocycles. The number of hydrazine groups is 1. The number of ether oxygens (including phenoxy) is 1. The van der Waals surface area contributed by atoms with Crippen molar-refractivity contribution in [2.75, 3.05) is 5.43 Å². The number of nitrogens with zero attached hydrogens (tertiary/aromatic N) is 2. The lowest BCUT2D eigenvalue weighted by atomic mass is 10.0. The van der Waals surface area contributed by atoms with E-state index in [2.05, 4.69) is 41.1 Å². The van der Waals surface area contributed by atoms with Crippen molar-refractivity contribution in [2.45, 2.75) is 52.4 Å². The van der Waals surface area contributed by atoms with Crippen molar-refractivity contribution in [3.05, 3.63) is 58.4 Å². The first-order valence-electron chi connectivity index (χ1n) is 10.3. The molecule has 0 atom stereocenters. The molecule has 0 saturated heterocycles. The van der Waals surface area contributed by atoms with Gasteiger partial charge < -0.3 is 21.0 Å². The highest BCUT2D eigenvalue weighted by Gasteiger charge is 2.13. The van der Waals surface area contributed by atoms with Gasteiger partial charge in [-0.05, 0) is 43.2 Å². The SMILES string of the molecule is CC(C)c1ncc(-c2cnc(NN)c(OCc3cc(C#CC(C)(C)O)ccc3CN)c2)s1. The molecule has 2 heterocycles. The van der Waals surface area contributed by atoms with Crippen molar-refractivity contribution >= 4 is 17.2 Å². The Kier molecular flexibility index (Phi) is 7.48. The van der Waals surface area contributed by atoms with Gasteiger partial charge in [0.05, 0.1) is 9.88 Å². The van der Waals surface area contributed by atoms with Crippen LogP contribution in [0.4, 0.5) is 5.82 Å². The largest absolute Gasteiger partial charge is 0.485 e. The summed E-state index contributed by atoms with van der Waals surface area (Å²) in [5.41, 5.74) is 11.0. The molecule has 7 nitrogen and oxygen atoms in total. The van der Waals surface area contributed by atoms with Crippen LogP contribution in [-0.4, -0.2) is 20.7 Å². The van der Waals surface area contributed by atoms with E-state index in [4.69, 9.17) is 16.3 Å². The molecule has 0 aliphatic heterocycles. The quantitative estimate of drug-likeness (QED) is 0.245. The van der Waals surface area contributed by atoms with E-state index in [1.54, 1.807) is 31.4 Å². The van der Waals surface area contributed by atoms with Crippen LogP contribution in [0, 0.1) is 11.8 Å². The summed E-state index contributed by atoms with van der Waals surface area (Å²) in [5.74, 6) is 12.8. The molecule has 168 valence electrons. The maximum atomic E-state index is 9.86. The smallest absolute Gasteiger partial charge is 0.183 e. The summed E-state index contributed by atoms with van der Waals surface area (Å²) in [6, 6.07) is 7.63. The summed E-state index contributed by atoms with van der Waals surface area (Å²) in [4.78, 5) is 9.90. The number of hydrogen-bond donors (Lipinski definition) is 4. The van der Waals surface area contributed by atoms with E-state index in [1.807, 2.05) is 30.5 Å². The summed E-state index contributed by atoms with van der Waals surface area (Å²) in [6.07, 6.45) is 3.60. The minimum atomic E-state index is -1.07. The molecular formula is C24H29N5O2S. The zero-order valence-electron chi connectivity index (χ0n) is 18.8. The minimum absolute atomic E-state index is 0.268. The van der Waals surface area contributed by atoms with Crippen LogP contribution in [0.1, 0.15) is 55.3 Å². The molecule has 3 rings (SSSR count). The molecular weight excluding hydrogens is 422 g/mol. The van der Waals surface area contributed by atoms with Crippen LogP contribution < -0.4 is 21.7 Å². The summed E-state index contributed by atoms with van der Waals surface area (Å²) in [7, 11) is 0. The van der Waals surface area contributed by atoms with Crippen molar-refractivity contribution < 1.29 is 9.84 Å². The van der Waals surface area contributed by atoms with Gasteiger partial charge in [-0.3, -0.25) is 0 Å². The van der Waals surface area contributed by atoms with Gasteiger partial charge in [0.1, 0.15) is 12.2 Å². The van der Waals surface area contributed by atoms with Crippen molar-refractivity contribution in [3.63, 3.8) is 0 Å². The lowest BCUT2D eigenvalue weighted by Gasteiger charge is -2.14.